The van der Waals surface area contributed by atoms with Gasteiger partial charge in [-0.15, -0.1) is 5.10 Å². The molecule has 2 aromatic rings. The van der Waals surface area contributed by atoms with Crippen molar-refractivity contribution in [2.24, 2.45) is 15.9 Å². The highest BCUT2D eigenvalue weighted by molar-refractivity contribution is 5.99. The summed E-state index contributed by atoms with van der Waals surface area (Å²) < 4.78 is 4.39. The zero-order valence-electron chi connectivity index (χ0n) is 8.82. The first-order valence-corrected chi connectivity index (χ1v) is 4.77. The second-order valence-corrected chi connectivity index (χ2v) is 3.14. The van der Waals surface area contributed by atoms with Crippen molar-refractivity contribution in [1.29, 1.82) is 0 Å². The SMILES string of the molecule is NC(=N/N=C\c1ccccc1)c1nonc1N. The van der Waals surface area contributed by atoms with Crippen molar-refractivity contribution in [1.82, 2.24) is 10.3 Å². The molecule has 1 aromatic carbocycles. The Labute approximate surface area is 96.8 Å². The van der Waals surface area contributed by atoms with Gasteiger partial charge in [-0.2, -0.15) is 5.10 Å². The standard InChI is InChI=1S/C10H10N6O/c11-9(8-10(12)16-17-15-8)14-13-6-7-4-2-1-3-5-7/h1-6H,(H2,11,14)(H2,12,16)/b13-6-. The summed E-state index contributed by atoms with van der Waals surface area (Å²) in [6.45, 7) is 0. The summed E-state index contributed by atoms with van der Waals surface area (Å²) in [5, 5.41) is 14.4. The average molecular weight is 230 g/mol. The lowest BCUT2D eigenvalue weighted by atomic mass is 10.2. The third kappa shape index (κ3) is 2.65. The summed E-state index contributed by atoms with van der Waals surface area (Å²) in [4.78, 5) is 0. The Morgan fingerprint density at radius 2 is 2.00 bits per heavy atom. The fourth-order valence-corrected chi connectivity index (χ4v) is 1.12. The van der Waals surface area contributed by atoms with E-state index in [2.05, 4.69) is 25.1 Å². The Bertz CT molecular complexity index is 545. The van der Waals surface area contributed by atoms with Gasteiger partial charge in [0.25, 0.3) is 0 Å². The van der Waals surface area contributed by atoms with E-state index in [-0.39, 0.29) is 17.3 Å². The zero-order valence-corrected chi connectivity index (χ0v) is 8.82. The summed E-state index contributed by atoms with van der Waals surface area (Å²) in [5.74, 6) is 0.136. The first kappa shape index (κ1) is 10.8. The monoisotopic (exact) mass is 230 g/mol. The van der Waals surface area contributed by atoms with Gasteiger partial charge in [-0.3, -0.25) is 0 Å². The second-order valence-electron chi connectivity index (χ2n) is 3.14. The van der Waals surface area contributed by atoms with Gasteiger partial charge in [-0.25, -0.2) is 4.63 Å². The van der Waals surface area contributed by atoms with E-state index in [4.69, 9.17) is 11.5 Å². The number of nitrogens with two attached hydrogens (primary N) is 2. The molecule has 0 atom stereocenters. The van der Waals surface area contributed by atoms with Crippen LogP contribution in [-0.2, 0) is 0 Å². The van der Waals surface area contributed by atoms with Gasteiger partial charge in [-0.1, -0.05) is 30.3 Å². The van der Waals surface area contributed by atoms with E-state index in [0.29, 0.717) is 0 Å². The quantitative estimate of drug-likeness (QED) is 0.449. The van der Waals surface area contributed by atoms with Crippen LogP contribution < -0.4 is 11.5 Å². The van der Waals surface area contributed by atoms with Crippen LogP contribution in [-0.4, -0.2) is 22.4 Å². The topological polar surface area (TPSA) is 116 Å². The van der Waals surface area contributed by atoms with Crippen molar-refractivity contribution in [3.05, 3.63) is 41.6 Å². The van der Waals surface area contributed by atoms with Crippen LogP contribution in [0.1, 0.15) is 11.3 Å². The number of aromatic nitrogens is 2. The molecule has 0 saturated carbocycles. The maximum Gasteiger partial charge on any atom is 0.199 e. The number of nitrogen functional groups attached to an aromatic ring is 1. The average Bonchev–Trinajstić information content (AvgIpc) is 2.77. The van der Waals surface area contributed by atoms with E-state index in [1.54, 1.807) is 6.21 Å². The molecule has 7 heteroatoms. The van der Waals surface area contributed by atoms with Gasteiger partial charge in [-0.05, 0) is 15.9 Å². The van der Waals surface area contributed by atoms with Gasteiger partial charge in [0.2, 0.25) is 0 Å². The minimum Gasteiger partial charge on any atom is -0.380 e. The van der Waals surface area contributed by atoms with E-state index in [9.17, 15) is 0 Å². The molecule has 86 valence electrons. The van der Waals surface area contributed by atoms with Gasteiger partial charge in [0, 0.05) is 0 Å². The summed E-state index contributed by atoms with van der Waals surface area (Å²) in [5.41, 5.74) is 12.1. The number of nitrogens with zero attached hydrogens (tertiary/aromatic N) is 4. The van der Waals surface area contributed by atoms with E-state index in [1.807, 2.05) is 30.3 Å². The van der Waals surface area contributed by atoms with Gasteiger partial charge in [0.15, 0.2) is 17.3 Å². The summed E-state index contributed by atoms with van der Waals surface area (Å²) in [6.07, 6.45) is 1.57. The maximum atomic E-state index is 5.60. The molecule has 0 aliphatic rings. The van der Waals surface area contributed by atoms with Crippen molar-refractivity contribution in [3.8, 4) is 0 Å². The number of anilines is 1. The third-order valence-electron chi connectivity index (χ3n) is 1.93. The van der Waals surface area contributed by atoms with Gasteiger partial charge in [0.1, 0.15) is 0 Å². The highest BCUT2D eigenvalue weighted by Crippen LogP contribution is 2.03. The van der Waals surface area contributed by atoms with E-state index >= 15 is 0 Å². The molecule has 0 saturated heterocycles. The molecule has 1 aromatic heterocycles. The number of hydrogen-bond acceptors (Lipinski definition) is 6. The van der Waals surface area contributed by atoms with E-state index in [0.717, 1.165) is 5.56 Å². The first-order valence-electron chi connectivity index (χ1n) is 4.77. The van der Waals surface area contributed by atoms with Crippen LogP contribution >= 0.6 is 0 Å². The van der Waals surface area contributed by atoms with Crippen molar-refractivity contribution in [2.75, 3.05) is 5.73 Å². The minimum atomic E-state index is 0.0518. The molecule has 4 N–H and O–H groups in total. The zero-order chi connectivity index (χ0) is 12.1. The highest BCUT2D eigenvalue weighted by Gasteiger charge is 2.09. The summed E-state index contributed by atoms with van der Waals surface area (Å²) in [7, 11) is 0. The summed E-state index contributed by atoms with van der Waals surface area (Å²) in [6, 6.07) is 9.49. The normalized spacial score (nSPS) is 12.1. The van der Waals surface area contributed by atoms with Crippen LogP contribution in [0.4, 0.5) is 5.82 Å². The molecule has 0 amide bonds. The minimum absolute atomic E-state index is 0.0518. The lowest BCUT2D eigenvalue weighted by Gasteiger charge is -1.91. The fraction of sp³-hybridized carbons (Fsp3) is 0. The van der Waals surface area contributed by atoms with Crippen LogP contribution in [0.2, 0.25) is 0 Å². The number of rotatable bonds is 3. The first-order chi connectivity index (χ1) is 8.27. The molecule has 0 unspecified atom stereocenters. The smallest absolute Gasteiger partial charge is 0.199 e. The molecule has 0 aliphatic heterocycles. The molecule has 17 heavy (non-hydrogen) atoms. The van der Waals surface area contributed by atoms with Crippen LogP contribution in [0.5, 0.6) is 0 Å². The van der Waals surface area contributed by atoms with Gasteiger partial charge >= 0.3 is 0 Å². The summed E-state index contributed by atoms with van der Waals surface area (Å²) >= 11 is 0. The molecule has 0 fully saturated rings. The van der Waals surface area contributed by atoms with Crippen molar-refractivity contribution < 1.29 is 4.63 Å². The second kappa shape index (κ2) is 4.88. The molecule has 0 aliphatic carbocycles. The maximum absolute atomic E-state index is 5.60. The predicted molar refractivity (Wildman–Crippen MR) is 63.5 cm³/mol. The number of hydrogen-bond donors (Lipinski definition) is 2. The van der Waals surface area contributed by atoms with Crippen molar-refractivity contribution in [3.63, 3.8) is 0 Å². The van der Waals surface area contributed by atoms with Crippen LogP contribution in [0.15, 0.2) is 45.2 Å². The van der Waals surface area contributed by atoms with Crippen LogP contribution in [0.3, 0.4) is 0 Å². The molecular weight excluding hydrogens is 220 g/mol. The molecule has 7 nitrogen and oxygen atoms in total. The number of amidine groups is 1. The Hall–Kier alpha value is -2.70. The third-order valence-corrected chi connectivity index (χ3v) is 1.93. The Balaban J connectivity index is 2.11. The molecule has 0 bridgehead atoms. The van der Waals surface area contributed by atoms with Crippen LogP contribution in [0, 0.1) is 0 Å². The highest BCUT2D eigenvalue weighted by atomic mass is 16.6. The molecule has 0 radical (unpaired) electrons. The Morgan fingerprint density at radius 3 is 2.65 bits per heavy atom. The Kier molecular flexibility index (Phi) is 3.10. The molecule has 0 spiro atoms. The molecular formula is C10H10N6O. The van der Waals surface area contributed by atoms with E-state index < -0.39 is 0 Å². The molecule has 1 heterocycles. The predicted octanol–water partition coefficient (Wildman–Crippen LogP) is 0.391. The van der Waals surface area contributed by atoms with Crippen LogP contribution in [0.25, 0.3) is 0 Å². The largest absolute Gasteiger partial charge is 0.380 e. The van der Waals surface area contributed by atoms with Gasteiger partial charge in [0.05, 0.1) is 6.21 Å². The number of benzene rings is 1. The lowest BCUT2D eigenvalue weighted by molar-refractivity contribution is 0.308. The van der Waals surface area contributed by atoms with Crippen molar-refractivity contribution >= 4 is 17.9 Å². The van der Waals surface area contributed by atoms with Gasteiger partial charge < -0.3 is 11.5 Å². The van der Waals surface area contributed by atoms with Crippen molar-refractivity contribution in [2.45, 2.75) is 0 Å². The van der Waals surface area contributed by atoms with E-state index in [1.165, 1.54) is 0 Å². The lowest BCUT2D eigenvalue weighted by Crippen LogP contribution is -2.15. The fourth-order valence-electron chi connectivity index (χ4n) is 1.12. The Morgan fingerprint density at radius 1 is 1.24 bits per heavy atom. The molecule has 2 rings (SSSR count).